The van der Waals surface area contributed by atoms with Crippen LogP contribution in [0.15, 0.2) is 16.6 Å². The monoisotopic (exact) mass is 257 g/mol. The van der Waals surface area contributed by atoms with Crippen LogP contribution in [0.25, 0.3) is 6.08 Å². The van der Waals surface area contributed by atoms with Gasteiger partial charge in [-0.25, -0.2) is 4.39 Å². The van der Waals surface area contributed by atoms with Gasteiger partial charge < -0.3 is 5.73 Å². The summed E-state index contributed by atoms with van der Waals surface area (Å²) in [6, 6.07) is 1.78. The molecule has 14 heavy (non-hydrogen) atoms. The van der Waals surface area contributed by atoms with Crippen molar-refractivity contribution in [3.8, 4) is 0 Å². The maximum atomic E-state index is 13.7. The highest BCUT2D eigenvalue weighted by atomic mass is 79.9. The molecule has 0 aliphatic carbocycles. The van der Waals surface area contributed by atoms with Crippen LogP contribution in [0.5, 0.6) is 0 Å². The highest BCUT2D eigenvalue weighted by Gasteiger charge is 2.09. The maximum Gasteiger partial charge on any atom is 0.133 e. The first-order valence-electron chi connectivity index (χ1n) is 4.39. The molecule has 3 heteroatoms. The van der Waals surface area contributed by atoms with Gasteiger partial charge in [0, 0.05) is 16.6 Å². The van der Waals surface area contributed by atoms with E-state index in [1.54, 1.807) is 25.1 Å². The zero-order valence-electron chi connectivity index (χ0n) is 8.27. The SMILES string of the molecule is Cc1cc(Br)c(C)c(/C=C/CN)c1F. The van der Waals surface area contributed by atoms with E-state index in [4.69, 9.17) is 5.73 Å². The summed E-state index contributed by atoms with van der Waals surface area (Å²) in [7, 11) is 0. The summed E-state index contributed by atoms with van der Waals surface area (Å²) in [6.45, 7) is 4.05. The number of nitrogens with two attached hydrogens (primary N) is 1. The molecule has 0 saturated carbocycles. The first kappa shape index (κ1) is 11.4. The molecule has 0 aliphatic heterocycles. The van der Waals surface area contributed by atoms with Crippen molar-refractivity contribution in [2.75, 3.05) is 6.54 Å². The average molecular weight is 258 g/mol. The third-order valence-electron chi connectivity index (χ3n) is 2.11. The summed E-state index contributed by atoms with van der Waals surface area (Å²) in [5.74, 6) is -0.171. The van der Waals surface area contributed by atoms with E-state index in [9.17, 15) is 4.39 Å². The largest absolute Gasteiger partial charge is 0.327 e. The zero-order valence-corrected chi connectivity index (χ0v) is 9.86. The van der Waals surface area contributed by atoms with E-state index in [1.165, 1.54) is 0 Å². The standard InChI is InChI=1S/C11H13BrFN/c1-7-6-10(12)8(2)9(11(7)13)4-3-5-14/h3-4,6H,5,14H2,1-2H3/b4-3+. The van der Waals surface area contributed by atoms with Crippen LogP contribution in [0.2, 0.25) is 0 Å². The van der Waals surface area contributed by atoms with Gasteiger partial charge in [-0.15, -0.1) is 0 Å². The van der Waals surface area contributed by atoms with Gasteiger partial charge in [0.25, 0.3) is 0 Å². The van der Waals surface area contributed by atoms with E-state index in [0.717, 1.165) is 10.0 Å². The Morgan fingerprint density at radius 1 is 1.50 bits per heavy atom. The summed E-state index contributed by atoms with van der Waals surface area (Å²) in [5.41, 5.74) is 7.48. The fourth-order valence-electron chi connectivity index (χ4n) is 1.25. The van der Waals surface area contributed by atoms with Gasteiger partial charge in [-0.3, -0.25) is 0 Å². The van der Waals surface area contributed by atoms with Gasteiger partial charge in [0.05, 0.1) is 0 Å². The van der Waals surface area contributed by atoms with Crippen molar-refractivity contribution in [3.05, 3.63) is 39.1 Å². The van der Waals surface area contributed by atoms with Crippen LogP contribution in [0.4, 0.5) is 4.39 Å². The number of benzene rings is 1. The van der Waals surface area contributed by atoms with Crippen molar-refractivity contribution in [1.29, 1.82) is 0 Å². The average Bonchev–Trinajstić information content (AvgIpc) is 2.15. The van der Waals surface area contributed by atoms with Gasteiger partial charge in [-0.1, -0.05) is 28.1 Å². The lowest BCUT2D eigenvalue weighted by atomic mass is 10.0. The fourth-order valence-corrected chi connectivity index (χ4v) is 1.81. The highest BCUT2D eigenvalue weighted by molar-refractivity contribution is 9.10. The molecular formula is C11H13BrFN. The Kier molecular flexibility index (Phi) is 3.84. The number of rotatable bonds is 2. The van der Waals surface area contributed by atoms with E-state index in [0.29, 0.717) is 17.7 Å². The van der Waals surface area contributed by atoms with Crippen molar-refractivity contribution in [2.24, 2.45) is 5.73 Å². The molecule has 0 aromatic heterocycles. The lowest BCUT2D eigenvalue weighted by Gasteiger charge is -2.07. The van der Waals surface area contributed by atoms with Crippen LogP contribution in [-0.4, -0.2) is 6.54 Å². The van der Waals surface area contributed by atoms with Crippen LogP contribution in [-0.2, 0) is 0 Å². The second kappa shape index (κ2) is 4.71. The van der Waals surface area contributed by atoms with Crippen molar-refractivity contribution < 1.29 is 4.39 Å². The molecule has 0 radical (unpaired) electrons. The molecule has 1 nitrogen and oxygen atoms in total. The van der Waals surface area contributed by atoms with E-state index in [2.05, 4.69) is 15.9 Å². The Hall–Kier alpha value is -0.670. The van der Waals surface area contributed by atoms with Gasteiger partial charge in [0.15, 0.2) is 0 Å². The van der Waals surface area contributed by atoms with Gasteiger partial charge in [0.1, 0.15) is 5.82 Å². The smallest absolute Gasteiger partial charge is 0.133 e. The number of halogens is 2. The Morgan fingerprint density at radius 3 is 2.71 bits per heavy atom. The third kappa shape index (κ3) is 2.22. The summed E-state index contributed by atoms with van der Waals surface area (Å²) in [6.07, 6.45) is 3.47. The van der Waals surface area contributed by atoms with E-state index in [1.807, 2.05) is 6.92 Å². The van der Waals surface area contributed by atoms with Crippen molar-refractivity contribution >= 4 is 22.0 Å². The van der Waals surface area contributed by atoms with Crippen LogP contribution in [0.1, 0.15) is 16.7 Å². The van der Waals surface area contributed by atoms with Gasteiger partial charge in [0.2, 0.25) is 0 Å². The fraction of sp³-hybridized carbons (Fsp3) is 0.273. The second-order valence-electron chi connectivity index (χ2n) is 3.17. The predicted octanol–water partition coefficient (Wildman–Crippen LogP) is 3.18. The number of hydrogen-bond donors (Lipinski definition) is 1. The Morgan fingerprint density at radius 2 is 2.14 bits per heavy atom. The Bertz CT molecular complexity index is 346. The van der Waals surface area contributed by atoms with Crippen LogP contribution < -0.4 is 5.73 Å². The number of hydrogen-bond acceptors (Lipinski definition) is 1. The predicted molar refractivity (Wildman–Crippen MR) is 61.7 cm³/mol. The van der Waals surface area contributed by atoms with Crippen LogP contribution >= 0.6 is 15.9 Å². The lowest BCUT2D eigenvalue weighted by molar-refractivity contribution is 0.614. The Balaban J connectivity index is 3.32. The first-order valence-corrected chi connectivity index (χ1v) is 5.19. The minimum absolute atomic E-state index is 0.171. The molecule has 1 aromatic carbocycles. The van der Waals surface area contributed by atoms with E-state index >= 15 is 0 Å². The second-order valence-corrected chi connectivity index (χ2v) is 4.02. The van der Waals surface area contributed by atoms with Gasteiger partial charge in [-0.2, -0.15) is 0 Å². The van der Waals surface area contributed by atoms with Crippen molar-refractivity contribution in [2.45, 2.75) is 13.8 Å². The van der Waals surface area contributed by atoms with E-state index < -0.39 is 0 Å². The topological polar surface area (TPSA) is 26.0 Å². The molecular weight excluding hydrogens is 245 g/mol. The highest BCUT2D eigenvalue weighted by Crippen LogP contribution is 2.26. The molecule has 76 valence electrons. The molecule has 0 bridgehead atoms. The molecule has 0 spiro atoms. The van der Waals surface area contributed by atoms with E-state index in [-0.39, 0.29) is 5.82 Å². The number of aryl methyl sites for hydroxylation is 1. The van der Waals surface area contributed by atoms with Gasteiger partial charge >= 0.3 is 0 Å². The van der Waals surface area contributed by atoms with Crippen molar-refractivity contribution in [3.63, 3.8) is 0 Å². The Labute approximate surface area is 91.9 Å². The molecule has 0 amide bonds. The molecule has 0 fully saturated rings. The first-order chi connectivity index (χ1) is 6.57. The molecule has 0 heterocycles. The minimum atomic E-state index is -0.171. The quantitative estimate of drug-likeness (QED) is 0.866. The molecule has 0 unspecified atom stereocenters. The summed E-state index contributed by atoms with van der Waals surface area (Å²) < 4.78 is 14.6. The molecule has 2 N–H and O–H groups in total. The summed E-state index contributed by atoms with van der Waals surface area (Å²) >= 11 is 3.39. The molecule has 0 atom stereocenters. The lowest BCUT2D eigenvalue weighted by Crippen LogP contribution is -1.96. The third-order valence-corrected chi connectivity index (χ3v) is 2.93. The van der Waals surface area contributed by atoms with Crippen LogP contribution in [0, 0.1) is 19.7 Å². The molecule has 1 rings (SSSR count). The minimum Gasteiger partial charge on any atom is -0.327 e. The van der Waals surface area contributed by atoms with Crippen molar-refractivity contribution in [1.82, 2.24) is 0 Å². The molecule has 0 aliphatic rings. The molecule has 0 saturated heterocycles. The zero-order chi connectivity index (χ0) is 10.7. The maximum absolute atomic E-state index is 13.7. The summed E-state index contributed by atoms with van der Waals surface area (Å²) in [5, 5.41) is 0. The van der Waals surface area contributed by atoms with Crippen LogP contribution in [0.3, 0.4) is 0 Å². The normalized spacial score (nSPS) is 11.2. The van der Waals surface area contributed by atoms with Gasteiger partial charge in [-0.05, 0) is 31.0 Å². The molecule has 1 aromatic rings. The summed E-state index contributed by atoms with van der Waals surface area (Å²) in [4.78, 5) is 0.